The van der Waals surface area contributed by atoms with E-state index in [2.05, 4.69) is 13.8 Å². The predicted molar refractivity (Wildman–Crippen MR) is 44.4 cm³/mol. The molecule has 2 heteroatoms. The quantitative estimate of drug-likeness (QED) is 0.626. The Morgan fingerprint density at radius 2 is 1.91 bits per heavy atom. The SMILES string of the molecule is CCC(C)CC1(C)OCCO1. The molecule has 0 saturated carbocycles. The summed E-state index contributed by atoms with van der Waals surface area (Å²) < 4.78 is 11.0. The third kappa shape index (κ3) is 2.46. The number of ether oxygens (including phenoxy) is 2. The van der Waals surface area contributed by atoms with Gasteiger partial charge in [0.25, 0.3) is 0 Å². The van der Waals surface area contributed by atoms with Crippen LogP contribution in [0, 0.1) is 5.92 Å². The normalized spacial score (nSPS) is 25.4. The van der Waals surface area contributed by atoms with Gasteiger partial charge in [-0.15, -0.1) is 0 Å². The topological polar surface area (TPSA) is 18.5 Å². The Kier molecular flexibility index (Phi) is 2.90. The molecule has 1 aliphatic rings. The van der Waals surface area contributed by atoms with Crippen LogP contribution in [0.1, 0.15) is 33.6 Å². The van der Waals surface area contributed by atoms with Crippen molar-refractivity contribution >= 4 is 0 Å². The first-order valence-electron chi connectivity index (χ1n) is 4.44. The number of hydrogen-bond acceptors (Lipinski definition) is 2. The Hall–Kier alpha value is -0.0800. The molecule has 1 atom stereocenters. The molecule has 1 aliphatic heterocycles. The summed E-state index contributed by atoms with van der Waals surface area (Å²) >= 11 is 0. The zero-order valence-corrected chi connectivity index (χ0v) is 7.72. The molecule has 66 valence electrons. The third-order valence-electron chi connectivity index (χ3n) is 2.31. The molecule has 0 spiro atoms. The molecule has 1 unspecified atom stereocenters. The molecule has 0 aliphatic carbocycles. The van der Waals surface area contributed by atoms with E-state index in [0.29, 0.717) is 5.92 Å². The second kappa shape index (κ2) is 3.55. The van der Waals surface area contributed by atoms with Crippen LogP contribution in [0.4, 0.5) is 0 Å². The predicted octanol–water partition coefficient (Wildman–Crippen LogP) is 2.19. The summed E-state index contributed by atoms with van der Waals surface area (Å²) in [4.78, 5) is 0. The Balaban J connectivity index is 2.33. The largest absolute Gasteiger partial charge is 0.348 e. The van der Waals surface area contributed by atoms with Crippen LogP contribution in [-0.4, -0.2) is 19.0 Å². The van der Waals surface area contributed by atoms with E-state index in [0.717, 1.165) is 19.6 Å². The zero-order chi connectivity index (χ0) is 8.32. The lowest BCUT2D eigenvalue weighted by atomic mass is 10.00. The van der Waals surface area contributed by atoms with E-state index < -0.39 is 0 Å². The van der Waals surface area contributed by atoms with Crippen molar-refractivity contribution in [3.8, 4) is 0 Å². The highest BCUT2D eigenvalue weighted by molar-refractivity contribution is 4.70. The molecule has 1 saturated heterocycles. The second-order valence-electron chi connectivity index (χ2n) is 3.55. The van der Waals surface area contributed by atoms with E-state index in [4.69, 9.17) is 9.47 Å². The van der Waals surface area contributed by atoms with Gasteiger partial charge in [0.05, 0.1) is 13.2 Å². The number of rotatable bonds is 3. The van der Waals surface area contributed by atoms with Crippen molar-refractivity contribution in [1.82, 2.24) is 0 Å². The summed E-state index contributed by atoms with van der Waals surface area (Å²) in [5.41, 5.74) is 0. The van der Waals surface area contributed by atoms with Gasteiger partial charge in [0, 0.05) is 6.42 Å². The Labute approximate surface area is 68.9 Å². The summed E-state index contributed by atoms with van der Waals surface area (Å²) in [6.45, 7) is 7.98. The molecule has 0 bridgehead atoms. The van der Waals surface area contributed by atoms with Crippen LogP contribution in [0.2, 0.25) is 0 Å². The molecular weight excluding hydrogens is 140 g/mol. The van der Waals surface area contributed by atoms with Crippen LogP contribution >= 0.6 is 0 Å². The summed E-state index contributed by atoms with van der Waals surface area (Å²) in [5, 5.41) is 0. The van der Waals surface area contributed by atoms with Gasteiger partial charge in [0.1, 0.15) is 0 Å². The average molecular weight is 158 g/mol. The lowest BCUT2D eigenvalue weighted by molar-refractivity contribution is -0.154. The van der Waals surface area contributed by atoms with Crippen molar-refractivity contribution < 1.29 is 9.47 Å². The first-order valence-corrected chi connectivity index (χ1v) is 4.44. The summed E-state index contributed by atoms with van der Waals surface area (Å²) in [7, 11) is 0. The van der Waals surface area contributed by atoms with Crippen LogP contribution in [0.25, 0.3) is 0 Å². The van der Waals surface area contributed by atoms with Crippen molar-refractivity contribution in [1.29, 1.82) is 0 Å². The van der Waals surface area contributed by atoms with Crippen molar-refractivity contribution in [2.75, 3.05) is 13.2 Å². The van der Waals surface area contributed by atoms with Crippen LogP contribution in [0.15, 0.2) is 0 Å². The minimum Gasteiger partial charge on any atom is -0.348 e. The molecule has 1 heterocycles. The van der Waals surface area contributed by atoms with Gasteiger partial charge in [-0.3, -0.25) is 0 Å². The van der Waals surface area contributed by atoms with Gasteiger partial charge in [-0.2, -0.15) is 0 Å². The summed E-state index contributed by atoms with van der Waals surface area (Å²) in [6, 6.07) is 0. The van der Waals surface area contributed by atoms with E-state index in [1.165, 1.54) is 6.42 Å². The van der Waals surface area contributed by atoms with Crippen LogP contribution in [0.5, 0.6) is 0 Å². The van der Waals surface area contributed by atoms with Crippen molar-refractivity contribution in [2.24, 2.45) is 5.92 Å². The standard InChI is InChI=1S/C9H18O2/c1-4-8(2)7-9(3)10-5-6-11-9/h8H,4-7H2,1-3H3. The van der Waals surface area contributed by atoms with Gasteiger partial charge in [-0.1, -0.05) is 20.3 Å². The van der Waals surface area contributed by atoms with E-state index in [-0.39, 0.29) is 5.79 Å². The lowest BCUT2D eigenvalue weighted by Crippen LogP contribution is -2.27. The van der Waals surface area contributed by atoms with Gasteiger partial charge in [-0.25, -0.2) is 0 Å². The number of hydrogen-bond donors (Lipinski definition) is 0. The zero-order valence-electron chi connectivity index (χ0n) is 7.72. The Bertz CT molecular complexity index is 117. The van der Waals surface area contributed by atoms with Gasteiger partial charge in [-0.05, 0) is 12.8 Å². The van der Waals surface area contributed by atoms with Crippen LogP contribution in [-0.2, 0) is 9.47 Å². The van der Waals surface area contributed by atoms with Crippen LogP contribution < -0.4 is 0 Å². The van der Waals surface area contributed by atoms with Crippen LogP contribution in [0.3, 0.4) is 0 Å². The van der Waals surface area contributed by atoms with E-state index in [1.807, 2.05) is 6.92 Å². The fraction of sp³-hybridized carbons (Fsp3) is 1.00. The molecule has 0 aromatic rings. The highest BCUT2D eigenvalue weighted by atomic mass is 16.7. The molecule has 0 aromatic heterocycles. The maximum absolute atomic E-state index is 5.49. The minimum atomic E-state index is -0.282. The van der Waals surface area contributed by atoms with Gasteiger partial charge in [0.2, 0.25) is 0 Å². The molecule has 0 aromatic carbocycles. The van der Waals surface area contributed by atoms with E-state index in [9.17, 15) is 0 Å². The molecule has 2 nitrogen and oxygen atoms in total. The smallest absolute Gasteiger partial charge is 0.165 e. The van der Waals surface area contributed by atoms with Gasteiger partial charge < -0.3 is 9.47 Å². The summed E-state index contributed by atoms with van der Waals surface area (Å²) in [6.07, 6.45) is 2.21. The fourth-order valence-corrected chi connectivity index (χ4v) is 1.45. The highest BCUT2D eigenvalue weighted by Gasteiger charge is 2.31. The molecular formula is C9H18O2. The Morgan fingerprint density at radius 3 is 2.36 bits per heavy atom. The van der Waals surface area contributed by atoms with Crippen molar-refractivity contribution in [2.45, 2.75) is 39.4 Å². The first kappa shape index (κ1) is 9.01. The van der Waals surface area contributed by atoms with Gasteiger partial charge in [0.15, 0.2) is 5.79 Å². The molecule has 0 amide bonds. The summed E-state index contributed by atoms with van der Waals surface area (Å²) in [5.74, 6) is 0.410. The minimum absolute atomic E-state index is 0.282. The monoisotopic (exact) mass is 158 g/mol. The molecule has 0 N–H and O–H groups in total. The highest BCUT2D eigenvalue weighted by Crippen LogP contribution is 2.27. The van der Waals surface area contributed by atoms with Gasteiger partial charge >= 0.3 is 0 Å². The van der Waals surface area contributed by atoms with E-state index >= 15 is 0 Å². The average Bonchev–Trinajstić information content (AvgIpc) is 2.36. The molecule has 0 radical (unpaired) electrons. The third-order valence-corrected chi connectivity index (χ3v) is 2.31. The Morgan fingerprint density at radius 1 is 1.36 bits per heavy atom. The molecule has 1 fully saturated rings. The van der Waals surface area contributed by atoms with Crippen molar-refractivity contribution in [3.05, 3.63) is 0 Å². The first-order chi connectivity index (χ1) is 5.16. The second-order valence-corrected chi connectivity index (χ2v) is 3.55. The lowest BCUT2D eigenvalue weighted by Gasteiger charge is -2.25. The van der Waals surface area contributed by atoms with E-state index in [1.54, 1.807) is 0 Å². The molecule has 1 rings (SSSR count). The molecule has 11 heavy (non-hydrogen) atoms. The maximum atomic E-state index is 5.49. The fourth-order valence-electron chi connectivity index (χ4n) is 1.45. The van der Waals surface area contributed by atoms with Crippen molar-refractivity contribution in [3.63, 3.8) is 0 Å². The maximum Gasteiger partial charge on any atom is 0.165 e.